The van der Waals surface area contributed by atoms with E-state index < -0.39 is 0 Å². The normalized spacial score (nSPS) is 30.8. The summed E-state index contributed by atoms with van der Waals surface area (Å²) in [5.74, 6) is 0.806. The lowest BCUT2D eigenvalue weighted by Gasteiger charge is -2.44. The van der Waals surface area contributed by atoms with Crippen LogP contribution in [0.4, 0.5) is 0 Å². The summed E-state index contributed by atoms with van der Waals surface area (Å²) in [4.78, 5) is 28.2. The highest BCUT2D eigenvalue weighted by Gasteiger charge is 2.35. The number of hydrogen-bond donors (Lipinski definition) is 1. The van der Waals surface area contributed by atoms with Gasteiger partial charge in [-0.3, -0.25) is 14.5 Å². The minimum atomic E-state index is -0.215. The molecule has 2 aliphatic heterocycles. The molecule has 2 heterocycles. The van der Waals surface area contributed by atoms with Crippen LogP contribution in [-0.2, 0) is 9.59 Å². The molecular weight excluding hydrogens is 278 g/mol. The summed E-state index contributed by atoms with van der Waals surface area (Å²) >= 11 is 0. The number of likely N-dealkylation sites (tertiary alicyclic amines) is 2. The number of primary amides is 1. The highest BCUT2D eigenvalue weighted by atomic mass is 16.2. The number of nitrogens with zero attached hydrogens (tertiary/aromatic N) is 2. The monoisotopic (exact) mass is 307 g/mol. The molecule has 0 aromatic heterocycles. The van der Waals surface area contributed by atoms with Gasteiger partial charge in [-0.15, -0.1) is 0 Å². The van der Waals surface area contributed by atoms with Gasteiger partial charge in [-0.1, -0.05) is 12.8 Å². The minimum absolute atomic E-state index is 0.0400. The number of amides is 2. The number of rotatable bonds is 3. The molecule has 2 atom stereocenters. The second kappa shape index (κ2) is 6.99. The Hall–Kier alpha value is -1.10. The molecule has 1 saturated carbocycles. The standard InChI is InChI=1S/C17H29N3O2/c18-17(22)14-7-10-19(11-8-14)16(21)12-20-9-3-5-13-4-1-2-6-15(13)20/h13-15H,1-12H2,(H2,18,22)/t13-,15+/m1/s1. The molecule has 1 aliphatic carbocycles. The van der Waals surface area contributed by atoms with E-state index in [2.05, 4.69) is 4.90 Å². The number of nitrogens with two attached hydrogens (primary N) is 1. The summed E-state index contributed by atoms with van der Waals surface area (Å²) in [6.07, 6.45) is 9.33. The van der Waals surface area contributed by atoms with E-state index in [9.17, 15) is 9.59 Å². The molecular formula is C17H29N3O2. The van der Waals surface area contributed by atoms with Crippen molar-refractivity contribution in [3.8, 4) is 0 Å². The molecule has 3 rings (SSSR count). The van der Waals surface area contributed by atoms with Crippen molar-refractivity contribution in [2.24, 2.45) is 17.6 Å². The fourth-order valence-corrected chi connectivity index (χ4v) is 4.61. The van der Waals surface area contributed by atoms with Crippen LogP contribution < -0.4 is 5.73 Å². The summed E-state index contributed by atoms with van der Waals surface area (Å²) in [6.45, 7) is 3.02. The number of piperidine rings is 2. The van der Waals surface area contributed by atoms with Gasteiger partial charge in [0.1, 0.15) is 0 Å². The molecule has 0 radical (unpaired) electrons. The number of carbonyl (C=O) groups excluding carboxylic acids is 2. The summed E-state index contributed by atoms with van der Waals surface area (Å²) in [6, 6.07) is 0.634. The SMILES string of the molecule is NC(=O)C1CCN(C(=O)CN2CCC[C@H]3CCCC[C@@H]32)CC1. The molecule has 2 amide bonds. The summed E-state index contributed by atoms with van der Waals surface area (Å²) < 4.78 is 0. The number of carbonyl (C=O) groups is 2. The highest BCUT2D eigenvalue weighted by Crippen LogP contribution is 2.35. The number of hydrogen-bond acceptors (Lipinski definition) is 3. The van der Waals surface area contributed by atoms with Crippen LogP contribution >= 0.6 is 0 Å². The fourth-order valence-electron chi connectivity index (χ4n) is 4.61. The van der Waals surface area contributed by atoms with Crippen molar-refractivity contribution in [3.63, 3.8) is 0 Å². The third-order valence-corrected chi connectivity index (χ3v) is 5.95. The fraction of sp³-hybridized carbons (Fsp3) is 0.882. The first-order chi connectivity index (χ1) is 10.6. The molecule has 124 valence electrons. The molecule has 3 aliphatic rings. The van der Waals surface area contributed by atoms with Crippen LogP contribution in [0, 0.1) is 11.8 Å². The molecule has 0 bridgehead atoms. The Morgan fingerprint density at radius 2 is 1.59 bits per heavy atom. The highest BCUT2D eigenvalue weighted by molar-refractivity contribution is 5.80. The minimum Gasteiger partial charge on any atom is -0.369 e. The largest absolute Gasteiger partial charge is 0.369 e. The predicted octanol–water partition coefficient (Wildman–Crippen LogP) is 1.36. The van der Waals surface area contributed by atoms with Gasteiger partial charge in [0, 0.05) is 25.0 Å². The predicted molar refractivity (Wildman–Crippen MR) is 85.1 cm³/mol. The van der Waals surface area contributed by atoms with Gasteiger partial charge in [0.2, 0.25) is 11.8 Å². The van der Waals surface area contributed by atoms with Crippen molar-refractivity contribution in [1.82, 2.24) is 9.80 Å². The molecule has 0 unspecified atom stereocenters. The van der Waals surface area contributed by atoms with E-state index in [-0.39, 0.29) is 17.7 Å². The zero-order valence-electron chi connectivity index (χ0n) is 13.5. The van der Waals surface area contributed by atoms with Crippen LogP contribution in [-0.4, -0.2) is 53.8 Å². The molecule has 5 heteroatoms. The van der Waals surface area contributed by atoms with E-state index in [0.717, 1.165) is 25.3 Å². The third kappa shape index (κ3) is 3.45. The van der Waals surface area contributed by atoms with Crippen molar-refractivity contribution in [3.05, 3.63) is 0 Å². The maximum atomic E-state index is 12.6. The Kier molecular flexibility index (Phi) is 5.01. The van der Waals surface area contributed by atoms with Crippen LogP contribution in [0.5, 0.6) is 0 Å². The quantitative estimate of drug-likeness (QED) is 0.856. The van der Waals surface area contributed by atoms with Gasteiger partial charge in [-0.25, -0.2) is 0 Å². The summed E-state index contributed by atoms with van der Waals surface area (Å²) in [7, 11) is 0. The van der Waals surface area contributed by atoms with Gasteiger partial charge in [0.15, 0.2) is 0 Å². The van der Waals surface area contributed by atoms with Gasteiger partial charge in [-0.2, -0.15) is 0 Å². The molecule has 22 heavy (non-hydrogen) atoms. The van der Waals surface area contributed by atoms with Crippen LogP contribution in [0.25, 0.3) is 0 Å². The average Bonchev–Trinajstić information content (AvgIpc) is 2.55. The van der Waals surface area contributed by atoms with Crippen LogP contribution in [0.3, 0.4) is 0 Å². The van der Waals surface area contributed by atoms with Gasteiger partial charge in [-0.05, 0) is 51.0 Å². The van der Waals surface area contributed by atoms with Gasteiger partial charge >= 0.3 is 0 Å². The lowest BCUT2D eigenvalue weighted by Crippen LogP contribution is -2.52. The van der Waals surface area contributed by atoms with Gasteiger partial charge in [0.05, 0.1) is 6.54 Å². The molecule has 3 fully saturated rings. The molecule has 5 nitrogen and oxygen atoms in total. The Morgan fingerprint density at radius 1 is 0.909 bits per heavy atom. The van der Waals surface area contributed by atoms with Crippen molar-refractivity contribution in [1.29, 1.82) is 0 Å². The first kappa shape index (κ1) is 15.8. The zero-order chi connectivity index (χ0) is 15.5. The topological polar surface area (TPSA) is 66.6 Å². The zero-order valence-corrected chi connectivity index (χ0v) is 13.5. The van der Waals surface area contributed by atoms with E-state index in [1.54, 1.807) is 0 Å². The van der Waals surface area contributed by atoms with Crippen molar-refractivity contribution < 1.29 is 9.59 Å². The molecule has 2 N–H and O–H groups in total. The van der Waals surface area contributed by atoms with Gasteiger partial charge < -0.3 is 10.6 Å². The first-order valence-corrected chi connectivity index (χ1v) is 8.96. The smallest absolute Gasteiger partial charge is 0.236 e. The second-order valence-corrected chi connectivity index (χ2v) is 7.28. The average molecular weight is 307 g/mol. The number of fused-ring (bicyclic) bond motifs is 1. The van der Waals surface area contributed by atoms with Crippen LogP contribution in [0.2, 0.25) is 0 Å². The first-order valence-electron chi connectivity index (χ1n) is 8.96. The lowest BCUT2D eigenvalue weighted by atomic mass is 9.78. The Morgan fingerprint density at radius 3 is 2.32 bits per heavy atom. The Balaban J connectivity index is 1.52. The Bertz CT molecular complexity index is 416. The molecule has 0 spiro atoms. The lowest BCUT2D eigenvalue weighted by molar-refractivity contribution is -0.137. The summed E-state index contributed by atoms with van der Waals surface area (Å²) in [5.41, 5.74) is 5.36. The third-order valence-electron chi connectivity index (χ3n) is 5.95. The van der Waals surface area contributed by atoms with Gasteiger partial charge in [0.25, 0.3) is 0 Å². The van der Waals surface area contributed by atoms with Crippen molar-refractivity contribution >= 4 is 11.8 Å². The maximum absolute atomic E-state index is 12.6. The molecule has 0 aromatic carbocycles. The molecule has 2 saturated heterocycles. The van der Waals surface area contributed by atoms with E-state index >= 15 is 0 Å². The van der Waals surface area contributed by atoms with E-state index in [4.69, 9.17) is 5.73 Å². The maximum Gasteiger partial charge on any atom is 0.236 e. The summed E-state index contributed by atoms with van der Waals surface area (Å²) in [5, 5.41) is 0. The van der Waals surface area contributed by atoms with E-state index in [0.29, 0.717) is 25.7 Å². The van der Waals surface area contributed by atoms with Crippen LogP contribution in [0.1, 0.15) is 51.4 Å². The molecule has 0 aromatic rings. The van der Waals surface area contributed by atoms with Crippen molar-refractivity contribution in [2.75, 3.05) is 26.2 Å². The van der Waals surface area contributed by atoms with E-state index in [1.165, 1.54) is 38.5 Å². The Labute approximate surface area is 133 Å². The second-order valence-electron chi connectivity index (χ2n) is 7.28. The van der Waals surface area contributed by atoms with E-state index in [1.807, 2.05) is 4.90 Å². The van der Waals surface area contributed by atoms with Crippen molar-refractivity contribution in [2.45, 2.75) is 57.4 Å². The van der Waals surface area contributed by atoms with Crippen LogP contribution in [0.15, 0.2) is 0 Å².